The second-order valence-corrected chi connectivity index (χ2v) is 1.73. The number of aromatic nitrogens is 3. The summed E-state index contributed by atoms with van der Waals surface area (Å²) in [6.45, 7) is 3.84. The van der Waals surface area contributed by atoms with Gasteiger partial charge in [0.1, 0.15) is 12.9 Å². The molecule has 1 heterocycles. The van der Waals surface area contributed by atoms with Crippen LogP contribution in [-0.2, 0) is 0 Å². The molecule has 0 aromatic carbocycles. The van der Waals surface area contributed by atoms with Gasteiger partial charge in [0.15, 0.2) is 0 Å². The van der Waals surface area contributed by atoms with Gasteiger partial charge >= 0.3 is 6.01 Å². The van der Waals surface area contributed by atoms with Crippen LogP contribution in [0.2, 0.25) is 0 Å². The van der Waals surface area contributed by atoms with Crippen LogP contribution in [0.4, 0.5) is 5.95 Å². The number of rotatable bonds is 3. The Hall–Kier alpha value is -1.65. The van der Waals surface area contributed by atoms with Gasteiger partial charge in [-0.1, -0.05) is 12.7 Å². The van der Waals surface area contributed by atoms with Gasteiger partial charge in [-0.05, 0) is 0 Å². The van der Waals surface area contributed by atoms with E-state index in [2.05, 4.69) is 21.5 Å². The fourth-order valence-corrected chi connectivity index (χ4v) is 0.496. The molecule has 1 rings (SSSR count). The summed E-state index contributed by atoms with van der Waals surface area (Å²) >= 11 is 0. The van der Waals surface area contributed by atoms with Crippen molar-refractivity contribution in [3.05, 3.63) is 19.0 Å². The van der Waals surface area contributed by atoms with Crippen molar-refractivity contribution in [1.82, 2.24) is 15.0 Å². The van der Waals surface area contributed by atoms with Gasteiger partial charge in [-0.15, -0.1) is 0 Å². The Morgan fingerprint density at radius 1 is 1.64 bits per heavy atom. The van der Waals surface area contributed by atoms with Crippen LogP contribution in [0.5, 0.6) is 6.01 Å². The molecule has 0 spiro atoms. The van der Waals surface area contributed by atoms with Crippen molar-refractivity contribution in [3.63, 3.8) is 0 Å². The Kier molecular flexibility index (Phi) is 2.37. The molecular formula is C6H8N4O. The van der Waals surface area contributed by atoms with Gasteiger partial charge in [0, 0.05) is 0 Å². The summed E-state index contributed by atoms with van der Waals surface area (Å²) in [5.41, 5.74) is 5.26. The van der Waals surface area contributed by atoms with Crippen molar-refractivity contribution in [3.8, 4) is 6.01 Å². The lowest BCUT2D eigenvalue weighted by Crippen LogP contribution is -2.02. The Morgan fingerprint density at radius 3 is 3.09 bits per heavy atom. The lowest BCUT2D eigenvalue weighted by atomic mass is 10.7. The molecule has 1 aromatic heterocycles. The Morgan fingerprint density at radius 2 is 2.45 bits per heavy atom. The molecule has 0 aliphatic heterocycles. The van der Waals surface area contributed by atoms with E-state index in [0.717, 1.165) is 0 Å². The summed E-state index contributed by atoms with van der Waals surface area (Å²) in [7, 11) is 0. The van der Waals surface area contributed by atoms with Crippen molar-refractivity contribution in [2.75, 3.05) is 12.3 Å². The van der Waals surface area contributed by atoms with Gasteiger partial charge < -0.3 is 10.5 Å². The van der Waals surface area contributed by atoms with Crippen molar-refractivity contribution < 1.29 is 4.74 Å². The van der Waals surface area contributed by atoms with Crippen LogP contribution in [0, 0.1) is 0 Å². The van der Waals surface area contributed by atoms with Crippen LogP contribution in [0.25, 0.3) is 0 Å². The standard InChI is InChI=1S/C6H8N4O/c1-2-3-11-6-9-4-8-5(7)10-6/h2,4H,1,3H2,(H2,7,8,9,10). The molecule has 0 fully saturated rings. The maximum absolute atomic E-state index is 5.26. The molecular weight excluding hydrogens is 144 g/mol. The van der Waals surface area contributed by atoms with Crippen LogP contribution >= 0.6 is 0 Å². The number of hydrogen-bond acceptors (Lipinski definition) is 5. The predicted molar refractivity (Wildman–Crippen MR) is 39.9 cm³/mol. The van der Waals surface area contributed by atoms with Crippen molar-refractivity contribution in [2.24, 2.45) is 0 Å². The van der Waals surface area contributed by atoms with Gasteiger partial charge in [0.2, 0.25) is 5.95 Å². The van der Waals surface area contributed by atoms with Crippen LogP contribution in [0.15, 0.2) is 19.0 Å². The molecule has 0 radical (unpaired) electrons. The number of ether oxygens (including phenoxy) is 1. The van der Waals surface area contributed by atoms with E-state index in [9.17, 15) is 0 Å². The van der Waals surface area contributed by atoms with Crippen LogP contribution in [0.3, 0.4) is 0 Å². The summed E-state index contributed by atoms with van der Waals surface area (Å²) in [6.07, 6.45) is 2.89. The first kappa shape index (κ1) is 7.46. The fraction of sp³-hybridized carbons (Fsp3) is 0.167. The molecule has 0 aliphatic rings. The number of nitrogens with two attached hydrogens (primary N) is 1. The van der Waals surface area contributed by atoms with Crippen LogP contribution in [0.1, 0.15) is 0 Å². The van der Waals surface area contributed by atoms with E-state index < -0.39 is 0 Å². The average Bonchev–Trinajstić information content (AvgIpc) is 2.01. The smallest absolute Gasteiger partial charge is 0.321 e. The van der Waals surface area contributed by atoms with Crippen molar-refractivity contribution >= 4 is 5.95 Å². The number of nitrogen functional groups attached to an aromatic ring is 1. The SMILES string of the molecule is C=CCOc1ncnc(N)n1. The first-order valence-electron chi connectivity index (χ1n) is 3.01. The lowest BCUT2D eigenvalue weighted by Gasteiger charge is -1.98. The first-order chi connectivity index (χ1) is 5.33. The van der Waals surface area contributed by atoms with E-state index in [1.54, 1.807) is 6.08 Å². The third-order valence-electron chi connectivity index (χ3n) is 0.899. The maximum atomic E-state index is 5.26. The Labute approximate surface area is 63.9 Å². The maximum Gasteiger partial charge on any atom is 0.321 e. The van der Waals surface area contributed by atoms with Crippen LogP contribution < -0.4 is 10.5 Å². The molecule has 5 heteroatoms. The Balaban J connectivity index is 2.63. The minimum absolute atomic E-state index is 0.152. The normalized spacial score (nSPS) is 9.09. The zero-order chi connectivity index (χ0) is 8.10. The summed E-state index contributed by atoms with van der Waals surface area (Å²) in [5.74, 6) is 0.152. The molecule has 0 amide bonds. The summed E-state index contributed by atoms with van der Waals surface area (Å²) < 4.78 is 4.98. The second kappa shape index (κ2) is 3.50. The third kappa shape index (κ3) is 2.21. The van der Waals surface area contributed by atoms with Gasteiger partial charge in [-0.3, -0.25) is 0 Å². The lowest BCUT2D eigenvalue weighted by molar-refractivity contribution is 0.332. The molecule has 0 atom stereocenters. The van der Waals surface area contributed by atoms with E-state index in [4.69, 9.17) is 10.5 Å². The second-order valence-electron chi connectivity index (χ2n) is 1.73. The van der Waals surface area contributed by atoms with E-state index in [1.165, 1.54) is 6.33 Å². The highest BCUT2D eigenvalue weighted by Crippen LogP contribution is 1.99. The van der Waals surface area contributed by atoms with Crippen molar-refractivity contribution in [1.29, 1.82) is 0 Å². The molecule has 5 nitrogen and oxygen atoms in total. The molecule has 11 heavy (non-hydrogen) atoms. The molecule has 0 saturated heterocycles. The molecule has 0 saturated carbocycles. The molecule has 0 unspecified atom stereocenters. The average molecular weight is 152 g/mol. The number of nitrogens with zero attached hydrogens (tertiary/aromatic N) is 3. The summed E-state index contributed by atoms with van der Waals surface area (Å²) in [4.78, 5) is 11.0. The van der Waals surface area contributed by atoms with E-state index >= 15 is 0 Å². The summed E-state index contributed by atoms with van der Waals surface area (Å²) in [5, 5.41) is 0. The highest BCUT2D eigenvalue weighted by atomic mass is 16.5. The van der Waals surface area contributed by atoms with E-state index in [-0.39, 0.29) is 12.0 Å². The largest absolute Gasteiger partial charge is 0.459 e. The van der Waals surface area contributed by atoms with Crippen molar-refractivity contribution in [2.45, 2.75) is 0 Å². The number of hydrogen-bond donors (Lipinski definition) is 1. The van der Waals surface area contributed by atoms with Gasteiger partial charge in [0.05, 0.1) is 0 Å². The topological polar surface area (TPSA) is 73.9 Å². The molecule has 0 aliphatic carbocycles. The van der Waals surface area contributed by atoms with Gasteiger partial charge in [-0.25, -0.2) is 4.98 Å². The van der Waals surface area contributed by atoms with Gasteiger partial charge in [0.25, 0.3) is 0 Å². The quantitative estimate of drug-likeness (QED) is 0.618. The minimum atomic E-state index is 0.152. The van der Waals surface area contributed by atoms with E-state index in [1.807, 2.05) is 0 Å². The third-order valence-corrected chi connectivity index (χ3v) is 0.899. The van der Waals surface area contributed by atoms with E-state index in [0.29, 0.717) is 6.61 Å². The monoisotopic (exact) mass is 152 g/mol. The highest BCUT2D eigenvalue weighted by Gasteiger charge is 1.95. The summed E-state index contributed by atoms with van der Waals surface area (Å²) in [6, 6.07) is 0.220. The molecule has 2 N–H and O–H groups in total. The molecule has 1 aromatic rings. The molecule has 0 bridgehead atoms. The highest BCUT2D eigenvalue weighted by molar-refractivity contribution is 5.14. The number of anilines is 1. The minimum Gasteiger partial charge on any atom is -0.459 e. The first-order valence-corrected chi connectivity index (χ1v) is 3.01. The zero-order valence-corrected chi connectivity index (χ0v) is 5.90. The Bertz CT molecular complexity index is 250. The predicted octanol–water partition coefficient (Wildman–Crippen LogP) is 0.0186. The van der Waals surface area contributed by atoms with Crippen LogP contribution in [-0.4, -0.2) is 21.6 Å². The van der Waals surface area contributed by atoms with Gasteiger partial charge in [-0.2, -0.15) is 9.97 Å². The fourth-order valence-electron chi connectivity index (χ4n) is 0.496. The zero-order valence-electron chi connectivity index (χ0n) is 5.90. The molecule has 58 valence electrons.